The molecule has 2 amide bonds. The monoisotopic (exact) mass is 298 g/mol. The second-order valence-electron chi connectivity index (χ2n) is 5.28. The highest BCUT2D eigenvalue weighted by atomic mass is 35.5. The number of aliphatic hydroxyl groups excluding tert-OH is 1. The van der Waals surface area contributed by atoms with Crippen molar-refractivity contribution >= 4 is 17.6 Å². The Balaban J connectivity index is 2.64. The van der Waals surface area contributed by atoms with Crippen LogP contribution in [0.1, 0.15) is 38.8 Å². The molecular formula is C15H23ClN2O2. The Morgan fingerprint density at radius 1 is 1.30 bits per heavy atom. The molecule has 20 heavy (non-hydrogen) atoms. The van der Waals surface area contributed by atoms with E-state index >= 15 is 0 Å². The molecule has 0 aromatic heterocycles. The van der Waals surface area contributed by atoms with Crippen LogP contribution in [0.4, 0.5) is 4.79 Å². The van der Waals surface area contributed by atoms with E-state index in [-0.39, 0.29) is 18.0 Å². The third-order valence-corrected chi connectivity index (χ3v) is 3.39. The highest BCUT2D eigenvalue weighted by Crippen LogP contribution is 2.27. The lowest BCUT2D eigenvalue weighted by Crippen LogP contribution is -2.40. The fraction of sp³-hybridized carbons (Fsp3) is 0.533. The van der Waals surface area contributed by atoms with Gasteiger partial charge in [0.1, 0.15) is 0 Å². The third-order valence-electron chi connectivity index (χ3n) is 3.04. The first-order valence-corrected chi connectivity index (χ1v) is 7.26. The van der Waals surface area contributed by atoms with Crippen LogP contribution in [0.2, 0.25) is 5.02 Å². The summed E-state index contributed by atoms with van der Waals surface area (Å²) in [5.74, 6) is 0.220. The van der Waals surface area contributed by atoms with Gasteiger partial charge in [0.25, 0.3) is 0 Å². The molecule has 0 aliphatic rings. The maximum Gasteiger partial charge on any atom is 0.315 e. The van der Waals surface area contributed by atoms with E-state index in [1.54, 1.807) is 6.92 Å². The van der Waals surface area contributed by atoms with Crippen LogP contribution in [0.5, 0.6) is 0 Å². The summed E-state index contributed by atoms with van der Waals surface area (Å²) in [5, 5.41) is 15.5. The molecule has 0 heterocycles. The van der Waals surface area contributed by atoms with Crippen molar-refractivity contribution in [1.82, 2.24) is 10.6 Å². The van der Waals surface area contributed by atoms with Crippen LogP contribution >= 0.6 is 11.6 Å². The molecule has 0 aliphatic carbocycles. The standard InChI is InChI=1S/C15H23ClN2O2/c1-10(2)14(12-6-4-5-7-13(12)16)18-15(20)17-9-8-11(3)19/h4-7,10-11,14,19H,8-9H2,1-3H3,(H2,17,18,20). The van der Waals surface area contributed by atoms with Gasteiger partial charge in [0, 0.05) is 11.6 Å². The van der Waals surface area contributed by atoms with Gasteiger partial charge in [-0.1, -0.05) is 43.6 Å². The molecule has 0 spiro atoms. The molecule has 2 atom stereocenters. The predicted octanol–water partition coefficient (Wildman–Crippen LogP) is 3.11. The van der Waals surface area contributed by atoms with Crippen molar-refractivity contribution in [3.63, 3.8) is 0 Å². The minimum Gasteiger partial charge on any atom is -0.393 e. The van der Waals surface area contributed by atoms with E-state index in [0.717, 1.165) is 5.56 Å². The molecule has 4 nitrogen and oxygen atoms in total. The van der Waals surface area contributed by atoms with Gasteiger partial charge >= 0.3 is 6.03 Å². The summed E-state index contributed by atoms with van der Waals surface area (Å²) in [6, 6.07) is 7.12. The largest absolute Gasteiger partial charge is 0.393 e. The normalized spacial score (nSPS) is 13.9. The lowest BCUT2D eigenvalue weighted by molar-refractivity contribution is 0.183. The Labute approximate surface area is 125 Å². The molecule has 1 rings (SSSR count). The Morgan fingerprint density at radius 2 is 1.95 bits per heavy atom. The van der Waals surface area contributed by atoms with Gasteiger partial charge in [0.05, 0.1) is 12.1 Å². The summed E-state index contributed by atoms with van der Waals surface area (Å²) in [6.07, 6.45) is 0.117. The number of hydrogen-bond donors (Lipinski definition) is 3. The maximum atomic E-state index is 11.9. The smallest absolute Gasteiger partial charge is 0.315 e. The number of nitrogens with one attached hydrogen (secondary N) is 2. The topological polar surface area (TPSA) is 61.4 Å². The lowest BCUT2D eigenvalue weighted by atomic mass is 9.96. The number of rotatable bonds is 6. The first kappa shape index (κ1) is 16.8. The highest BCUT2D eigenvalue weighted by molar-refractivity contribution is 6.31. The molecule has 0 aliphatic heterocycles. The molecule has 1 aromatic rings. The molecule has 3 N–H and O–H groups in total. The highest BCUT2D eigenvalue weighted by Gasteiger charge is 2.20. The SMILES string of the molecule is CC(O)CCNC(=O)NC(c1ccccc1Cl)C(C)C. The average Bonchev–Trinajstić information content (AvgIpc) is 2.36. The summed E-state index contributed by atoms with van der Waals surface area (Å²) in [6.45, 7) is 6.20. The zero-order valence-corrected chi connectivity index (χ0v) is 12.9. The molecule has 1 aromatic carbocycles. The Hall–Kier alpha value is -1.26. The molecule has 2 unspecified atom stereocenters. The number of aliphatic hydroxyl groups is 1. The number of halogens is 1. The molecule has 5 heteroatoms. The van der Waals surface area contributed by atoms with Crippen molar-refractivity contribution in [2.24, 2.45) is 5.92 Å². The quantitative estimate of drug-likeness (QED) is 0.756. The summed E-state index contributed by atoms with van der Waals surface area (Å²) in [5.41, 5.74) is 0.912. The van der Waals surface area contributed by atoms with Crippen molar-refractivity contribution in [1.29, 1.82) is 0 Å². The third kappa shape index (κ3) is 5.39. The molecule has 0 fully saturated rings. The van der Waals surface area contributed by atoms with E-state index in [4.69, 9.17) is 16.7 Å². The minimum atomic E-state index is -0.417. The number of benzene rings is 1. The second-order valence-corrected chi connectivity index (χ2v) is 5.69. The number of amides is 2. The lowest BCUT2D eigenvalue weighted by Gasteiger charge is -2.24. The van der Waals surface area contributed by atoms with Crippen LogP contribution < -0.4 is 10.6 Å². The predicted molar refractivity (Wildman–Crippen MR) is 81.9 cm³/mol. The van der Waals surface area contributed by atoms with Crippen molar-refractivity contribution in [2.45, 2.75) is 39.3 Å². The molecule has 0 saturated carbocycles. The first-order valence-electron chi connectivity index (χ1n) is 6.88. The van der Waals surface area contributed by atoms with Crippen LogP contribution in [-0.4, -0.2) is 23.8 Å². The number of carbonyl (C=O) groups is 1. The number of urea groups is 1. The van der Waals surface area contributed by atoms with Gasteiger partial charge in [0.2, 0.25) is 0 Å². The summed E-state index contributed by atoms with van der Waals surface area (Å²) >= 11 is 6.19. The summed E-state index contributed by atoms with van der Waals surface area (Å²) in [4.78, 5) is 11.9. The van der Waals surface area contributed by atoms with E-state index < -0.39 is 6.10 Å². The molecule has 0 saturated heterocycles. The molecule has 0 radical (unpaired) electrons. The Bertz CT molecular complexity index is 436. The van der Waals surface area contributed by atoms with Crippen LogP contribution in [0.15, 0.2) is 24.3 Å². The van der Waals surface area contributed by atoms with E-state index in [1.165, 1.54) is 0 Å². The second kappa shape index (κ2) is 8.12. The molecular weight excluding hydrogens is 276 g/mol. The van der Waals surface area contributed by atoms with Gasteiger partial charge < -0.3 is 15.7 Å². The van der Waals surface area contributed by atoms with Crippen LogP contribution in [0, 0.1) is 5.92 Å². The average molecular weight is 299 g/mol. The molecule has 112 valence electrons. The van der Waals surface area contributed by atoms with Crippen LogP contribution in [0.3, 0.4) is 0 Å². The summed E-state index contributed by atoms with van der Waals surface area (Å²) < 4.78 is 0. The summed E-state index contributed by atoms with van der Waals surface area (Å²) in [7, 11) is 0. The Kier molecular flexibility index (Phi) is 6.82. The fourth-order valence-corrected chi connectivity index (χ4v) is 2.17. The van der Waals surface area contributed by atoms with E-state index in [2.05, 4.69) is 10.6 Å². The van der Waals surface area contributed by atoms with Gasteiger partial charge in [-0.3, -0.25) is 0 Å². The van der Waals surface area contributed by atoms with E-state index in [0.29, 0.717) is 18.0 Å². The fourth-order valence-electron chi connectivity index (χ4n) is 1.92. The first-order chi connectivity index (χ1) is 9.41. The number of carbonyl (C=O) groups excluding carboxylic acids is 1. The van der Waals surface area contributed by atoms with E-state index in [1.807, 2.05) is 38.1 Å². The minimum absolute atomic E-state index is 0.143. The van der Waals surface area contributed by atoms with Gasteiger partial charge in [0.15, 0.2) is 0 Å². The maximum absolute atomic E-state index is 11.9. The van der Waals surface area contributed by atoms with Crippen LogP contribution in [-0.2, 0) is 0 Å². The van der Waals surface area contributed by atoms with E-state index in [9.17, 15) is 4.79 Å². The van der Waals surface area contributed by atoms with Gasteiger partial charge in [-0.2, -0.15) is 0 Å². The Morgan fingerprint density at radius 3 is 2.50 bits per heavy atom. The zero-order chi connectivity index (χ0) is 15.1. The molecule has 0 bridgehead atoms. The van der Waals surface area contributed by atoms with Crippen molar-refractivity contribution in [3.8, 4) is 0 Å². The van der Waals surface area contributed by atoms with Crippen molar-refractivity contribution in [2.75, 3.05) is 6.54 Å². The van der Waals surface area contributed by atoms with Crippen molar-refractivity contribution in [3.05, 3.63) is 34.9 Å². The van der Waals surface area contributed by atoms with Crippen molar-refractivity contribution < 1.29 is 9.90 Å². The van der Waals surface area contributed by atoms with Gasteiger partial charge in [-0.25, -0.2) is 4.79 Å². The van der Waals surface area contributed by atoms with Gasteiger partial charge in [-0.15, -0.1) is 0 Å². The zero-order valence-electron chi connectivity index (χ0n) is 12.2. The van der Waals surface area contributed by atoms with Gasteiger partial charge in [-0.05, 0) is 30.9 Å². The van der Waals surface area contributed by atoms with Crippen LogP contribution in [0.25, 0.3) is 0 Å². The number of hydrogen-bond acceptors (Lipinski definition) is 2.